The molecule has 5 nitrogen and oxygen atoms in total. The van der Waals surface area contributed by atoms with Gasteiger partial charge in [0.15, 0.2) is 6.61 Å². The molecule has 2 aromatic rings. The zero-order chi connectivity index (χ0) is 18.2. The molecule has 0 saturated heterocycles. The first-order chi connectivity index (χ1) is 12.0. The van der Waals surface area contributed by atoms with Gasteiger partial charge in [0, 0.05) is 10.7 Å². The van der Waals surface area contributed by atoms with Crippen molar-refractivity contribution in [3.05, 3.63) is 58.6 Å². The van der Waals surface area contributed by atoms with E-state index in [-0.39, 0.29) is 19.6 Å². The van der Waals surface area contributed by atoms with Gasteiger partial charge in [0.25, 0.3) is 5.91 Å². The molecule has 0 aromatic heterocycles. The van der Waals surface area contributed by atoms with Crippen LogP contribution in [0.4, 0.5) is 5.69 Å². The smallest absolute Gasteiger partial charge is 0.309 e. The van der Waals surface area contributed by atoms with E-state index < -0.39 is 11.9 Å². The largest absolute Gasteiger partial charge is 0.493 e. The summed E-state index contributed by atoms with van der Waals surface area (Å²) in [5, 5.41) is 3.22. The first-order valence-electron chi connectivity index (χ1n) is 7.86. The second kappa shape index (κ2) is 9.08. The number of rotatable bonds is 7. The number of hydrogen-bond donors (Lipinski definition) is 1. The first-order valence-corrected chi connectivity index (χ1v) is 8.24. The molecule has 2 aromatic carbocycles. The lowest BCUT2D eigenvalue weighted by molar-refractivity contribution is -0.147. The Morgan fingerprint density at radius 1 is 1.08 bits per heavy atom. The highest BCUT2D eigenvalue weighted by Crippen LogP contribution is 2.22. The molecule has 1 amide bonds. The van der Waals surface area contributed by atoms with E-state index in [1.165, 1.54) is 0 Å². The monoisotopic (exact) mass is 361 g/mol. The van der Waals surface area contributed by atoms with Crippen molar-refractivity contribution in [3.63, 3.8) is 0 Å². The van der Waals surface area contributed by atoms with Crippen molar-refractivity contribution >= 4 is 29.2 Å². The van der Waals surface area contributed by atoms with Crippen LogP contribution >= 0.6 is 11.6 Å². The van der Waals surface area contributed by atoms with Crippen molar-refractivity contribution in [2.24, 2.45) is 0 Å². The average molecular weight is 362 g/mol. The van der Waals surface area contributed by atoms with Gasteiger partial charge >= 0.3 is 5.97 Å². The molecule has 0 atom stereocenters. The number of benzene rings is 2. The number of carbonyl (C=O) groups is 2. The van der Waals surface area contributed by atoms with E-state index in [4.69, 9.17) is 21.1 Å². The van der Waals surface area contributed by atoms with Gasteiger partial charge in [-0.25, -0.2) is 0 Å². The Morgan fingerprint density at radius 2 is 1.84 bits per heavy atom. The molecule has 0 aliphatic rings. The van der Waals surface area contributed by atoms with Gasteiger partial charge in [-0.15, -0.1) is 0 Å². The number of para-hydroxylation sites is 1. The highest BCUT2D eigenvalue weighted by atomic mass is 35.5. The van der Waals surface area contributed by atoms with Crippen LogP contribution in [0.2, 0.25) is 5.02 Å². The molecular weight excluding hydrogens is 342 g/mol. The maximum atomic E-state index is 11.9. The van der Waals surface area contributed by atoms with Crippen molar-refractivity contribution in [3.8, 4) is 5.75 Å². The van der Waals surface area contributed by atoms with Crippen LogP contribution in [-0.2, 0) is 14.3 Å². The lowest BCUT2D eigenvalue weighted by atomic mass is 10.2. The summed E-state index contributed by atoms with van der Waals surface area (Å²) in [6.45, 7) is 3.57. The molecule has 0 saturated carbocycles. The minimum absolute atomic E-state index is 0.0673. The highest BCUT2D eigenvalue weighted by Gasteiger charge is 2.10. The summed E-state index contributed by atoms with van der Waals surface area (Å²) in [6.07, 6.45) is 0.0673. The molecule has 25 heavy (non-hydrogen) atoms. The molecule has 6 heteroatoms. The fraction of sp³-hybridized carbons (Fsp3) is 0.263. The molecule has 0 aliphatic carbocycles. The van der Waals surface area contributed by atoms with E-state index in [0.29, 0.717) is 10.7 Å². The lowest BCUT2D eigenvalue weighted by Crippen LogP contribution is -2.22. The number of carbonyl (C=O) groups excluding carboxylic acids is 2. The molecule has 0 radical (unpaired) electrons. The maximum Gasteiger partial charge on any atom is 0.309 e. The quantitative estimate of drug-likeness (QED) is 0.759. The van der Waals surface area contributed by atoms with Crippen molar-refractivity contribution in [2.45, 2.75) is 20.3 Å². The highest BCUT2D eigenvalue weighted by molar-refractivity contribution is 6.31. The van der Waals surface area contributed by atoms with Gasteiger partial charge in [0.1, 0.15) is 5.75 Å². The van der Waals surface area contributed by atoms with Crippen molar-refractivity contribution in [1.82, 2.24) is 0 Å². The predicted octanol–water partition coefficient (Wildman–Crippen LogP) is 3.91. The number of halogens is 1. The zero-order valence-corrected chi connectivity index (χ0v) is 14.9. The molecule has 2 rings (SSSR count). The Morgan fingerprint density at radius 3 is 2.60 bits per heavy atom. The standard InChI is InChI=1S/C19H20ClNO4/c1-13-6-3-4-9-17(13)24-11-10-19(23)25-12-18(22)21-16-8-5-7-15(20)14(16)2/h3-9H,10-12H2,1-2H3,(H,21,22). The van der Waals surface area contributed by atoms with Gasteiger partial charge < -0.3 is 14.8 Å². The molecule has 1 N–H and O–H groups in total. The van der Waals surface area contributed by atoms with E-state index in [1.54, 1.807) is 25.1 Å². The van der Waals surface area contributed by atoms with E-state index in [9.17, 15) is 9.59 Å². The summed E-state index contributed by atoms with van der Waals surface area (Å²) in [5.41, 5.74) is 2.35. The van der Waals surface area contributed by atoms with Crippen molar-refractivity contribution in [1.29, 1.82) is 0 Å². The molecule has 132 valence electrons. The van der Waals surface area contributed by atoms with Crippen LogP contribution in [0.25, 0.3) is 0 Å². The fourth-order valence-corrected chi connectivity index (χ4v) is 2.28. The van der Waals surface area contributed by atoms with Crippen LogP contribution in [0.3, 0.4) is 0 Å². The van der Waals surface area contributed by atoms with E-state index in [1.807, 2.05) is 31.2 Å². The summed E-state index contributed by atoms with van der Waals surface area (Å²) >= 11 is 5.99. The number of aryl methyl sites for hydroxylation is 1. The van der Waals surface area contributed by atoms with E-state index in [2.05, 4.69) is 5.32 Å². The minimum Gasteiger partial charge on any atom is -0.493 e. The summed E-state index contributed by atoms with van der Waals surface area (Å²) in [4.78, 5) is 23.6. The normalized spacial score (nSPS) is 10.2. The first kappa shape index (κ1) is 18.8. The second-order valence-corrected chi connectivity index (χ2v) is 5.89. The Hall–Kier alpha value is -2.53. The third kappa shape index (κ3) is 5.80. The van der Waals surface area contributed by atoms with Gasteiger partial charge in [-0.1, -0.05) is 35.9 Å². The topological polar surface area (TPSA) is 64.6 Å². The van der Waals surface area contributed by atoms with Crippen LogP contribution in [0.15, 0.2) is 42.5 Å². The van der Waals surface area contributed by atoms with Gasteiger partial charge in [-0.3, -0.25) is 9.59 Å². The number of nitrogens with one attached hydrogen (secondary N) is 1. The Labute approximate surface area is 151 Å². The fourth-order valence-electron chi connectivity index (χ4n) is 2.11. The third-order valence-electron chi connectivity index (χ3n) is 3.56. The molecule has 0 fully saturated rings. The maximum absolute atomic E-state index is 11.9. The van der Waals surface area contributed by atoms with Crippen LogP contribution in [0.5, 0.6) is 5.75 Å². The zero-order valence-electron chi connectivity index (χ0n) is 14.2. The molecule has 0 spiro atoms. The van der Waals surface area contributed by atoms with E-state index >= 15 is 0 Å². The number of ether oxygens (including phenoxy) is 2. The number of anilines is 1. The molecule has 0 aliphatic heterocycles. The molecule has 0 bridgehead atoms. The number of esters is 1. The summed E-state index contributed by atoms with van der Waals surface area (Å²) in [5.74, 6) is -0.186. The number of amides is 1. The Balaban J connectivity index is 1.71. The SMILES string of the molecule is Cc1ccccc1OCCC(=O)OCC(=O)Nc1cccc(Cl)c1C. The average Bonchev–Trinajstić information content (AvgIpc) is 2.59. The summed E-state index contributed by atoms with van der Waals surface area (Å²) in [7, 11) is 0. The minimum atomic E-state index is -0.494. The van der Waals surface area contributed by atoms with Gasteiger partial charge in [0.05, 0.1) is 13.0 Å². The van der Waals surface area contributed by atoms with Crippen LogP contribution in [0, 0.1) is 13.8 Å². The van der Waals surface area contributed by atoms with E-state index in [0.717, 1.165) is 16.9 Å². The van der Waals surface area contributed by atoms with Crippen molar-refractivity contribution < 1.29 is 19.1 Å². The lowest BCUT2D eigenvalue weighted by Gasteiger charge is -2.10. The van der Waals surface area contributed by atoms with Gasteiger partial charge in [0.2, 0.25) is 0 Å². The van der Waals surface area contributed by atoms with Crippen LogP contribution in [0.1, 0.15) is 17.5 Å². The molecule has 0 heterocycles. The summed E-state index contributed by atoms with van der Waals surface area (Å²) < 4.78 is 10.5. The summed E-state index contributed by atoms with van der Waals surface area (Å²) in [6, 6.07) is 12.7. The third-order valence-corrected chi connectivity index (χ3v) is 3.97. The Kier molecular flexibility index (Phi) is 6.83. The molecule has 0 unspecified atom stereocenters. The van der Waals surface area contributed by atoms with Gasteiger partial charge in [-0.05, 0) is 43.2 Å². The molecular formula is C19H20ClNO4. The second-order valence-electron chi connectivity index (χ2n) is 5.49. The Bertz CT molecular complexity index is 761. The number of hydrogen-bond acceptors (Lipinski definition) is 4. The van der Waals surface area contributed by atoms with Crippen molar-refractivity contribution in [2.75, 3.05) is 18.5 Å². The predicted molar refractivity (Wildman–Crippen MR) is 97.1 cm³/mol. The van der Waals surface area contributed by atoms with Crippen LogP contribution < -0.4 is 10.1 Å². The van der Waals surface area contributed by atoms with Gasteiger partial charge in [-0.2, -0.15) is 0 Å². The van der Waals surface area contributed by atoms with Crippen LogP contribution in [-0.4, -0.2) is 25.1 Å².